The van der Waals surface area contributed by atoms with Crippen LogP contribution in [-0.2, 0) is 4.74 Å². The fourth-order valence-electron chi connectivity index (χ4n) is 5.59. The number of halogens is 1. The number of nitrogens with zero attached hydrogens (tertiary/aromatic N) is 5. The third-order valence-electron chi connectivity index (χ3n) is 7.68. The molecule has 0 aliphatic carbocycles. The fraction of sp³-hybridized carbons (Fsp3) is 0.419. The van der Waals surface area contributed by atoms with E-state index < -0.39 is 16.6 Å². The van der Waals surface area contributed by atoms with Gasteiger partial charge in [0.15, 0.2) is 0 Å². The van der Waals surface area contributed by atoms with Gasteiger partial charge in [-0.15, -0.1) is 0 Å². The van der Waals surface area contributed by atoms with Gasteiger partial charge in [-0.2, -0.15) is 0 Å². The van der Waals surface area contributed by atoms with Crippen LogP contribution in [0.3, 0.4) is 0 Å². The summed E-state index contributed by atoms with van der Waals surface area (Å²) in [5, 5.41) is 17.1. The first kappa shape index (κ1) is 31.2. The van der Waals surface area contributed by atoms with Crippen LogP contribution in [0, 0.1) is 10.1 Å². The normalized spacial score (nSPS) is 17.4. The fourth-order valence-corrected chi connectivity index (χ4v) is 6.03. The topological polar surface area (TPSA) is 138 Å². The number of carbonyl (C=O) groups is 3. The van der Waals surface area contributed by atoms with Crippen molar-refractivity contribution in [2.75, 3.05) is 44.6 Å². The molecule has 2 aliphatic heterocycles. The molecule has 1 aromatic heterocycles. The molecular formula is C31H35BrN6O6. The van der Waals surface area contributed by atoms with Crippen LogP contribution in [0.5, 0.6) is 0 Å². The second-order valence-electron chi connectivity index (χ2n) is 12.0. The van der Waals surface area contributed by atoms with Crippen molar-refractivity contribution in [3.8, 4) is 0 Å². The third-order valence-corrected chi connectivity index (χ3v) is 8.14. The predicted octanol–water partition coefficient (Wildman–Crippen LogP) is 5.32. The van der Waals surface area contributed by atoms with Gasteiger partial charge in [0.25, 0.3) is 17.5 Å². The number of nitro groups is 1. The first-order valence-electron chi connectivity index (χ1n) is 14.5. The number of piperidine rings is 1. The number of hydrogen-bond acceptors (Lipinski definition) is 8. The van der Waals surface area contributed by atoms with E-state index in [1.807, 2.05) is 24.3 Å². The van der Waals surface area contributed by atoms with Crippen molar-refractivity contribution in [2.45, 2.75) is 45.3 Å². The van der Waals surface area contributed by atoms with E-state index in [-0.39, 0.29) is 61.0 Å². The van der Waals surface area contributed by atoms with Gasteiger partial charge in [-0.1, -0.05) is 40.2 Å². The van der Waals surface area contributed by atoms with Gasteiger partial charge < -0.3 is 24.8 Å². The summed E-state index contributed by atoms with van der Waals surface area (Å²) >= 11 is 3.33. The Morgan fingerprint density at radius 3 is 2.36 bits per heavy atom. The van der Waals surface area contributed by atoms with Crippen molar-refractivity contribution >= 4 is 56.0 Å². The molecule has 12 nitrogen and oxygen atoms in total. The second kappa shape index (κ2) is 12.8. The minimum atomic E-state index is -0.634. The molecule has 3 heterocycles. The highest BCUT2D eigenvalue weighted by Gasteiger charge is 2.33. The number of fused-ring (bicyclic) bond motifs is 1. The molecule has 2 saturated heterocycles. The number of likely N-dealkylation sites (tertiary alicyclic amines) is 1. The lowest BCUT2D eigenvalue weighted by Crippen LogP contribution is -2.51. The summed E-state index contributed by atoms with van der Waals surface area (Å²) in [5.41, 5.74) is -0.107. The summed E-state index contributed by atoms with van der Waals surface area (Å²) in [7, 11) is 0. The number of anilines is 1. The van der Waals surface area contributed by atoms with Gasteiger partial charge in [-0.3, -0.25) is 24.7 Å². The number of aromatic nitrogens is 1. The van der Waals surface area contributed by atoms with Crippen molar-refractivity contribution in [1.82, 2.24) is 19.7 Å². The SMILES string of the molecule is CC(C)(C)OC(=O)N1CCN(C(=O)c2cc(Br)cc([N+](=O)[O-])c2N[C@@H]2CCCN(C(=O)c3cncc4ccccc34)C2)CC1. The first-order valence-corrected chi connectivity index (χ1v) is 15.3. The number of ether oxygens (including phenoxy) is 1. The monoisotopic (exact) mass is 666 g/mol. The molecule has 44 heavy (non-hydrogen) atoms. The number of benzene rings is 2. The largest absolute Gasteiger partial charge is 0.444 e. The van der Waals surface area contributed by atoms with Crippen LogP contribution in [0.15, 0.2) is 53.3 Å². The van der Waals surface area contributed by atoms with Crippen molar-refractivity contribution in [1.29, 1.82) is 0 Å². The highest BCUT2D eigenvalue weighted by Crippen LogP contribution is 2.35. The van der Waals surface area contributed by atoms with E-state index in [9.17, 15) is 24.5 Å². The van der Waals surface area contributed by atoms with Crippen molar-refractivity contribution < 1.29 is 24.0 Å². The summed E-state index contributed by atoms with van der Waals surface area (Å²) in [4.78, 5) is 60.7. The van der Waals surface area contributed by atoms with Crippen molar-refractivity contribution in [3.05, 3.63) is 74.5 Å². The maximum atomic E-state index is 13.8. The zero-order valence-corrected chi connectivity index (χ0v) is 26.5. The van der Waals surface area contributed by atoms with E-state index in [1.165, 1.54) is 6.07 Å². The molecule has 2 fully saturated rings. The molecule has 0 unspecified atom stereocenters. The lowest BCUT2D eigenvalue weighted by atomic mass is 10.0. The minimum Gasteiger partial charge on any atom is -0.444 e. The lowest BCUT2D eigenvalue weighted by Gasteiger charge is -2.36. The van der Waals surface area contributed by atoms with Gasteiger partial charge in [-0.05, 0) is 45.1 Å². The van der Waals surface area contributed by atoms with E-state index in [2.05, 4.69) is 26.2 Å². The molecule has 2 aliphatic rings. The Morgan fingerprint density at radius 1 is 0.977 bits per heavy atom. The zero-order valence-electron chi connectivity index (χ0n) is 24.9. The number of nitrogens with one attached hydrogen (secondary N) is 1. The van der Waals surface area contributed by atoms with Gasteiger partial charge in [0.05, 0.1) is 16.1 Å². The summed E-state index contributed by atoms with van der Waals surface area (Å²) in [6.07, 6.45) is 4.19. The van der Waals surface area contributed by atoms with E-state index >= 15 is 0 Å². The maximum Gasteiger partial charge on any atom is 0.410 e. The van der Waals surface area contributed by atoms with Gasteiger partial charge in [-0.25, -0.2) is 4.79 Å². The average Bonchev–Trinajstić information content (AvgIpc) is 3.00. The van der Waals surface area contributed by atoms with Gasteiger partial charge in [0.2, 0.25) is 0 Å². The smallest absolute Gasteiger partial charge is 0.410 e. The van der Waals surface area contributed by atoms with Crippen LogP contribution in [0.1, 0.15) is 54.3 Å². The molecule has 3 aromatic rings. The molecule has 0 spiro atoms. The number of rotatable bonds is 5. The van der Waals surface area contributed by atoms with E-state index in [1.54, 1.807) is 53.9 Å². The summed E-state index contributed by atoms with van der Waals surface area (Å²) in [6, 6.07) is 10.2. The summed E-state index contributed by atoms with van der Waals surface area (Å²) in [5.74, 6) is -0.545. The van der Waals surface area contributed by atoms with Gasteiger partial charge >= 0.3 is 6.09 Å². The van der Waals surface area contributed by atoms with Crippen LogP contribution in [0.25, 0.3) is 10.8 Å². The number of nitro benzene ring substituents is 1. The summed E-state index contributed by atoms with van der Waals surface area (Å²) < 4.78 is 5.85. The molecular weight excluding hydrogens is 632 g/mol. The molecule has 1 atom stereocenters. The Kier molecular flexibility index (Phi) is 9.05. The Bertz CT molecular complexity index is 1600. The predicted molar refractivity (Wildman–Crippen MR) is 169 cm³/mol. The highest BCUT2D eigenvalue weighted by molar-refractivity contribution is 9.10. The van der Waals surface area contributed by atoms with Gasteiger partial charge in [0, 0.05) is 73.6 Å². The molecule has 1 N–H and O–H groups in total. The number of carbonyl (C=O) groups excluding carboxylic acids is 3. The second-order valence-corrected chi connectivity index (χ2v) is 12.9. The zero-order chi connectivity index (χ0) is 31.6. The molecule has 0 saturated carbocycles. The maximum absolute atomic E-state index is 13.8. The third kappa shape index (κ3) is 6.93. The number of pyridine rings is 1. The van der Waals surface area contributed by atoms with E-state index in [4.69, 9.17) is 4.74 Å². The number of amides is 3. The average molecular weight is 668 g/mol. The Labute approximate surface area is 263 Å². The Balaban J connectivity index is 1.35. The van der Waals surface area contributed by atoms with E-state index in [0.717, 1.165) is 10.8 Å². The number of piperazine rings is 1. The Morgan fingerprint density at radius 2 is 1.66 bits per heavy atom. The standard InChI is InChI=1S/C31H35BrN6O6/c1-31(2,3)44-30(41)36-13-11-35(12-14-36)28(39)24-15-21(32)16-26(38(42)43)27(24)34-22-8-6-10-37(19-22)29(40)25-18-33-17-20-7-4-5-9-23(20)25/h4-5,7,9,15-18,22,34H,6,8,10-14,19H2,1-3H3/t22-/m1/s1. The molecule has 0 bridgehead atoms. The molecule has 0 radical (unpaired) electrons. The quantitative estimate of drug-likeness (QED) is 0.285. The van der Waals surface area contributed by atoms with E-state index in [0.29, 0.717) is 36.0 Å². The number of hydrogen-bond donors (Lipinski definition) is 1. The molecule has 5 rings (SSSR count). The van der Waals surface area contributed by atoms with Crippen LogP contribution in [0.2, 0.25) is 0 Å². The van der Waals surface area contributed by atoms with Gasteiger partial charge in [0.1, 0.15) is 11.3 Å². The van der Waals surface area contributed by atoms with Crippen LogP contribution >= 0.6 is 15.9 Å². The van der Waals surface area contributed by atoms with Crippen LogP contribution in [-0.4, -0.2) is 93.4 Å². The lowest BCUT2D eigenvalue weighted by molar-refractivity contribution is -0.384. The molecule has 2 aromatic carbocycles. The minimum absolute atomic E-state index is 0.115. The Hall–Kier alpha value is -4.26. The molecule has 13 heteroatoms. The summed E-state index contributed by atoms with van der Waals surface area (Å²) in [6.45, 7) is 7.29. The molecule has 3 amide bonds. The van der Waals surface area contributed by atoms with Crippen LogP contribution < -0.4 is 5.32 Å². The molecule has 232 valence electrons. The van der Waals surface area contributed by atoms with Crippen LogP contribution in [0.4, 0.5) is 16.2 Å². The van der Waals surface area contributed by atoms with Crippen molar-refractivity contribution in [3.63, 3.8) is 0 Å². The van der Waals surface area contributed by atoms with Crippen molar-refractivity contribution in [2.24, 2.45) is 0 Å². The highest BCUT2D eigenvalue weighted by atomic mass is 79.9. The first-order chi connectivity index (χ1) is 20.9.